The molecule has 2 rings (SSSR count). The largest absolute Gasteiger partial charge is 0.434 e. The molecule has 0 saturated carbocycles. The molecule has 1 heterocycles. The number of ether oxygens (including phenoxy) is 1. The molecule has 1 aromatic heterocycles. The molecule has 1 aromatic carbocycles. The molecular weight excluding hydrogens is 273 g/mol. The molecule has 0 bridgehead atoms. The summed E-state index contributed by atoms with van der Waals surface area (Å²) < 4.78 is 31.2. The molecule has 0 saturated heterocycles. The normalized spacial score (nSPS) is 10.4. The third-order valence-corrected chi connectivity index (χ3v) is 2.25. The van der Waals surface area contributed by atoms with E-state index in [-0.39, 0.29) is 21.9 Å². The topological polar surface area (TPSA) is 35.0 Å². The highest BCUT2D eigenvalue weighted by atomic mass is 35.5. The minimum Gasteiger partial charge on any atom is -0.434 e. The summed E-state index contributed by atoms with van der Waals surface area (Å²) >= 11 is 11.2. The van der Waals surface area contributed by atoms with Crippen LogP contribution in [0.2, 0.25) is 10.3 Å². The molecule has 0 N–H and O–H groups in total. The quantitative estimate of drug-likeness (QED) is 0.782. The minimum atomic E-state index is -1.13. The lowest BCUT2D eigenvalue weighted by Gasteiger charge is -2.07. The first-order valence-electron chi connectivity index (χ1n) is 4.38. The van der Waals surface area contributed by atoms with Crippen molar-refractivity contribution in [3.8, 4) is 11.6 Å². The van der Waals surface area contributed by atoms with E-state index in [2.05, 4.69) is 9.97 Å². The van der Waals surface area contributed by atoms with Gasteiger partial charge in [0.25, 0.3) is 0 Å². The number of rotatable bonds is 2. The van der Waals surface area contributed by atoms with Gasteiger partial charge in [-0.25, -0.2) is 9.37 Å². The summed E-state index contributed by atoms with van der Waals surface area (Å²) in [5.74, 6) is -2.63. The molecule has 17 heavy (non-hydrogen) atoms. The van der Waals surface area contributed by atoms with E-state index in [1.54, 1.807) is 0 Å². The summed E-state index contributed by atoms with van der Waals surface area (Å²) in [5.41, 5.74) is 0. The summed E-state index contributed by atoms with van der Waals surface area (Å²) in [4.78, 5) is 7.25. The number of hydrogen-bond acceptors (Lipinski definition) is 3. The van der Waals surface area contributed by atoms with Crippen LogP contribution in [0.25, 0.3) is 0 Å². The molecule has 0 amide bonds. The predicted molar refractivity (Wildman–Crippen MR) is 58.5 cm³/mol. The van der Waals surface area contributed by atoms with Crippen molar-refractivity contribution in [2.24, 2.45) is 0 Å². The Balaban J connectivity index is 2.38. The van der Waals surface area contributed by atoms with Gasteiger partial charge in [-0.2, -0.15) is 9.37 Å². The Morgan fingerprint density at radius 2 is 1.94 bits per heavy atom. The lowest BCUT2D eigenvalue weighted by Crippen LogP contribution is -1.95. The van der Waals surface area contributed by atoms with Gasteiger partial charge < -0.3 is 4.74 Å². The van der Waals surface area contributed by atoms with Gasteiger partial charge in [0.1, 0.15) is 5.02 Å². The zero-order valence-corrected chi connectivity index (χ0v) is 9.64. The molecule has 0 unspecified atom stereocenters. The molecule has 7 heteroatoms. The van der Waals surface area contributed by atoms with Crippen LogP contribution in [-0.2, 0) is 0 Å². The average Bonchev–Trinajstić information content (AvgIpc) is 2.30. The average molecular weight is 277 g/mol. The minimum absolute atomic E-state index is 0.0399. The van der Waals surface area contributed by atoms with Crippen LogP contribution in [0.4, 0.5) is 8.78 Å². The lowest BCUT2D eigenvalue weighted by atomic mass is 10.3. The number of benzene rings is 1. The van der Waals surface area contributed by atoms with E-state index in [4.69, 9.17) is 27.9 Å². The summed E-state index contributed by atoms with van der Waals surface area (Å²) in [6.45, 7) is 0. The SMILES string of the molecule is Fc1cccc(Oc2nc(Cl)ncc2Cl)c1F. The van der Waals surface area contributed by atoms with Gasteiger partial charge >= 0.3 is 0 Å². The second-order valence-electron chi connectivity index (χ2n) is 2.95. The zero-order chi connectivity index (χ0) is 12.4. The van der Waals surface area contributed by atoms with Crippen LogP contribution in [-0.4, -0.2) is 9.97 Å². The molecule has 0 atom stereocenters. The van der Waals surface area contributed by atoms with Gasteiger partial charge in [0.2, 0.25) is 17.0 Å². The van der Waals surface area contributed by atoms with E-state index < -0.39 is 11.6 Å². The Morgan fingerprint density at radius 3 is 2.71 bits per heavy atom. The number of hydrogen-bond donors (Lipinski definition) is 0. The molecule has 88 valence electrons. The van der Waals surface area contributed by atoms with Crippen LogP contribution in [0.15, 0.2) is 24.4 Å². The summed E-state index contributed by atoms with van der Waals surface area (Å²) in [5, 5.41) is -0.0701. The Labute approximate surface area is 105 Å². The van der Waals surface area contributed by atoms with Crippen molar-refractivity contribution < 1.29 is 13.5 Å². The molecular formula is C10H4Cl2F2N2O. The molecule has 0 radical (unpaired) electrons. The molecule has 3 nitrogen and oxygen atoms in total. The van der Waals surface area contributed by atoms with Gasteiger partial charge in [0.05, 0.1) is 6.20 Å². The number of halogens is 4. The fourth-order valence-electron chi connectivity index (χ4n) is 1.07. The Morgan fingerprint density at radius 1 is 1.18 bits per heavy atom. The standard InChI is InChI=1S/C10H4Cl2F2N2O/c11-5-4-15-10(12)16-9(5)17-7-3-1-2-6(13)8(7)14/h1-4H. The van der Waals surface area contributed by atoms with Gasteiger partial charge in [-0.05, 0) is 23.7 Å². The smallest absolute Gasteiger partial charge is 0.242 e. The second kappa shape index (κ2) is 4.81. The molecule has 2 aromatic rings. The van der Waals surface area contributed by atoms with Crippen molar-refractivity contribution in [1.29, 1.82) is 0 Å². The van der Waals surface area contributed by atoms with Gasteiger partial charge in [-0.1, -0.05) is 17.7 Å². The van der Waals surface area contributed by atoms with Crippen molar-refractivity contribution in [3.05, 3.63) is 46.3 Å². The Kier molecular flexibility index (Phi) is 3.40. The summed E-state index contributed by atoms with van der Waals surface area (Å²) in [6, 6.07) is 3.51. The highest BCUT2D eigenvalue weighted by Crippen LogP contribution is 2.29. The van der Waals surface area contributed by atoms with Crippen LogP contribution < -0.4 is 4.74 Å². The maximum Gasteiger partial charge on any atom is 0.242 e. The number of aromatic nitrogens is 2. The van der Waals surface area contributed by atoms with E-state index in [1.165, 1.54) is 18.3 Å². The third kappa shape index (κ3) is 2.62. The van der Waals surface area contributed by atoms with E-state index in [1.807, 2.05) is 0 Å². The van der Waals surface area contributed by atoms with E-state index in [0.717, 1.165) is 6.07 Å². The fourth-order valence-corrected chi connectivity index (χ4v) is 1.32. The van der Waals surface area contributed by atoms with Gasteiger partial charge in [0.15, 0.2) is 11.6 Å². The predicted octanol–water partition coefficient (Wildman–Crippen LogP) is 3.85. The van der Waals surface area contributed by atoms with Crippen LogP contribution in [0.1, 0.15) is 0 Å². The third-order valence-electron chi connectivity index (χ3n) is 1.81. The van der Waals surface area contributed by atoms with Gasteiger partial charge in [-0.15, -0.1) is 0 Å². The highest BCUT2D eigenvalue weighted by Gasteiger charge is 2.13. The summed E-state index contributed by atoms with van der Waals surface area (Å²) in [6.07, 6.45) is 1.20. The van der Waals surface area contributed by atoms with Crippen LogP contribution in [0, 0.1) is 11.6 Å². The van der Waals surface area contributed by atoms with E-state index in [0.29, 0.717) is 0 Å². The van der Waals surface area contributed by atoms with Crippen LogP contribution >= 0.6 is 23.2 Å². The Bertz CT molecular complexity index is 566. The van der Waals surface area contributed by atoms with Gasteiger partial charge in [-0.3, -0.25) is 0 Å². The maximum atomic E-state index is 13.3. The van der Waals surface area contributed by atoms with Crippen LogP contribution in [0.3, 0.4) is 0 Å². The molecule has 0 fully saturated rings. The monoisotopic (exact) mass is 276 g/mol. The van der Waals surface area contributed by atoms with E-state index in [9.17, 15) is 8.78 Å². The lowest BCUT2D eigenvalue weighted by molar-refractivity contribution is 0.405. The second-order valence-corrected chi connectivity index (χ2v) is 3.69. The first-order chi connectivity index (χ1) is 8.08. The fraction of sp³-hybridized carbons (Fsp3) is 0. The van der Waals surface area contributed by atoms with Crippen molar-refractivity contribution in [2.45, 2.75) is 0 Å². The zero-order valence-electron chi connectivity index (χ0n) is 8.12. The first kappa shape index (κ1) is 12.0. The maximum absolute atomic E-state index is 13.3. The molecule has 0 aliphatic heterocycles. The van der Waals surface area contributed by atoms with Crippen molar-refractivity contribution in [2.75, 3.05) is 0 Å². The highest BCUT2D eigenvalue weighted by molar-refractivity contribution is 6.32. The van der Waals surface area contributed by atoms with Crippen molar-refractivity contribution in [1.82, 2.24) is 9.97 Å². The van der Waals surface area contributed by atoms with Crippen LogP contribution in [0.5, 0.6) is 11.6 Å². The molecule has 0 aliphatic rings. The summed E-state index contributed by atoms with van der Waals surface area (Å²) in [7, 11) is 0. The Hall–Kier alpha value is -1.46. The number of nitrogens with zero attached hydrogens (tertiary/aromatic N) is 2. The van der Waals surface area contributed by atoms with Crippen molar-refractivity contribution in [3.63, 3.8) is 0 Å². The first-order valence-corrected chi connectivity index (χ1v) is 5.13. The van der Waals surface area contributed by atoms with Gasteiger partial charge in [0, 0.05) is 0 Å². The molecule has 0 spiro atoms. The van der Waals surface area contributed by atoms with E-state index >= 15 is 0 Å². The molecule has 0 aliphatic carbocycles. The van der Waals surface area contributed by atoms with Crippen molar-refractivity contribution >= 4 is 23.2 Å².